The van der Waals surface area contributed by atoms with Gasteiger partial charge in [0.1, 0.15) is 0 Å². The quantitative estimate of drug-likeness (QED) is 0.864. The molecule has 1 aliphatic heterocycles. The Morgan fingerprint density at radius 3 is 2.42 bits per heavy atom. The summed E-state index contributed by atoms with van der Waals surface area (Å²) >= 11 is 0. The van der Waals surface area contributed by atoms with E-state index in [9.17, 15) is 5.11 Å². The number of hydrogen-bond acceptors (Lipinski definition) is 2. The fourth-order valence-corrected chi connectivity index (χ4v) is 3.61. The van der Waals surface area contributed by atoms with Crippen LogP contribution < -0.4 is 0 Å². The first-order valence-electron chi connectivity index (χ1n) is 8.92. The summed E-state index contributed by atoms with van der Waals surface area (Å²) < 4.78 is 0. The second-order valence-electron chi connectivity index (χ2n) is 6.75. The molecule has 2 nitrogen and oxygen atoms in total. The molecule has 0 amide bonds. The molecule has 1 N–H and O–H groups in total. The van der Waals surface area contributed by atoms with Gasteiger partial charge in [0.05, 0.1) is 6.10 Å². The Bertz CT molecular complexity index is 638. The van der Waals surface area contributed by atoms with Gasteiger partial charge in [-0.2, -0.15) is 0 Å². The highest BCUT2D eigenvalue weighted by molar-refractivity contribution is 5.49. The first-order chi connectivity index (χ1) is 11.7. The molecule has 3 rings (SSSR count). The van der Waals surface area contributed by atoms with Crippen LogP contribution in [0.5, 0.6) is 0 Å². The van der Waals surface area contributed by atoms with Crippen LogP contribution in [0.2, 0.25) is 0 Å². The van der Waals surface area contributed by atoms with E-state index in [0.717, 1.165) is 18.4 Å². The molecule has 0 aromatic heterocycles. The normalized spacial score (nSPS) is 23.4. The molecule has 0 aliphatic carbocycles. The molecule has 2 aromatic carbocycles. The number of benzene rings is 2. The highest BCUT2D eigenvalue weighted by Crippen LogP contribution is 2.29. The zero-order valence-corrected chi connectivity index (χ0v) is 14.4. The molecule has 0 bridgehead atoms. The minimum Gasteiger partial charge on any atom is -0.388 e. The second-order valence-corrected chi connectivity index (χ2v) is 6.75. The maximum absolute atomic E-state index is 10.5. The average Bonchev–Trinajstić information content (AvgIpc) is 2.64. The van der Waals surface area contributed by atoms with Crippen molar-refractivity contribution >= 4 is 6.08 Å². The number of hydrogen-bond donors (Lipinski definition) is 1. The van der Waals surface area contributed by atoms with E-state index < -0.39 is 0 Å². The summed E-state index contributed by atoms with van der Waals surface area (Å²) in [5.74, 6) is 0. The number of likely N-dealkylation sites (N-methyl/N-ethyl adjacent to an activating group) is 1. The molecule has 1 saturated heterocycles. The predicted molar refractivity (Wildman–Crippen MR) is 101 cm³/mol. The smallest absolute Gasteiger partial charge is 0.0805 e. The lowest BCUT2D eigenvalue weighted by atomic mass is 9.90. The van der Waals surface area contributed by atoms with Crippen LogP contribution in [0.25, 0.3) is 6.08 Å². The lowest BCUT2D eigenvalue weighted by Crippen LogP contribution is -2.43. The Hall–Kier alpha value is -1.90. The second kappa shape index (κ2) is 8.27. The summed E-state index contributed by atoms with van der Waals surface area (Å²) in [7, 11) is 2.20. The van der Waals surface area contributed by atoms with Gasteiger partial charge in [-0.05, 0) is 37.4 Å². The van der Waals surface area contributed by atoms with Crippen molar-refractivity contribution in [2.24, 2.45) is 0 Å². The van der Waals surface area contributed by atoms with Crippen molar-refractivity contribution in [1.29, 1.82) is 0 Å². The Labute approximate surface area is 145 Å². The van der Waals surface area contributed by atoms with E-state index >= 15 is 0 Å². The SMILES string of the molecule is CN1[C@H](CC(O)c2ccccc2)CCC[C@@H]1/C=C/c1ccccc1. The van der Waals surface area contributed by atoms with Gasteiger partial charge in [-0.3, -0.25) is 4.90 Å². The fraction of sp³-hybridized carbons (Fsp3) is 0.364. The van der Waals surface area contributed by atoms with E-state index in [1.165, 1.54) is 18.4 Å². The zero-order chi connectivity index (χ0) is 16.8. The van der Waals surface area contributed by atoms with Crippen LogP contribution in [-0.4, -0.2) is 29.1 Å². The molecule has 2 aromatic rings. The van der Waals surface area contributed by atoms with Crippen molar-refractivity contribution in [3.05, 3.63) is 77.9 Å². The molecular weight excluding hydrogens is 294 g/mol. The van der Waals surface area contributed by atoms with Crippen molar-refractivity contribution in [2.75, 3.05) is 7.05 Å². The summed E-state index contributed by atoms with van der Waals surface area (Å²) in [6, 6.07) is 21.4. The van der Waals surface area contributed by atoms with E-state index in [1.807, 2.05) is 36.4 Å². The van der Waals surface area contributed by atoms with Crippen LogP contribution >= 0.6 is 0 Å². The van der Waals surface area contributed by atoms with Crippen molar-refractivity contribution < 1.29 is 5.11 Å². The van der Waals surface area contributed by atoms with Gasteiger partial charge in [-0.15, -0.1) is 0 Å². The molecule has 2 heteroatoms. The number of piperidine rings is 1. The van der Waals surface area contributed by atoms with Gasteiger partial charge in [0, 0.05) is 12.1 Å². The van der Waals surface area contributed by atoms with Gasteiger partial charge in [0.2, 0.25) is 0 Å². The monoisotopic (exact) mass is 321 g/mol. The molecule has 0 radical (unpaired) electrons. The maximum atomic E-state index is 10.5. The summed E-state index contributed by atoms with van der Waals surface area (Å²) in [6.07, 6.45) is 8.54. The molecule has 1 fully saturated rings. The number of aliphatic hydroxyl groups is 1. The Balaban J connectivity index is 1.62. The highest BCUT2D eigenvalue weighted by atomic mass is 16.3. The number of likely N-dealkylation sites (tertiary alicyclic amines) is 1. The Kier molecular flexibility index (Phi) is 5.84. The summed E-state index contributed by atoms with van der Waals surface area (Å²) in [5, 5.41) is 10.5. The zero-order valence-electron chi connectivity index (χ0n) is 14.4. The third-order valence-corrected chi connectivity index (χ3v) is 5.13. The van der Waals surface area contributed by atoms with Gasteiger partial charge >= 0.3 is 0 Å². The number of rotatable bonds is 5. The standard InChI is InChI=1S/C22H27NO/c1-23-20(16-15-18-9-4-2-5-10-18)13-8-14-21(23)17-22(24)19-11-6-3-7-12-19/h2-7,9-12,15-16,20-22,24H,8,13-14,17H2,1H3/b16-15+/t20-,21+,22?/m1/s1. The maximum Gasteiger partial charge on any atom is 0.0805 e. The van der Waals surface area contributed by atoms with E-state index in [1.54, 1.807) is 0 Å². The lowest BCUT2D eigenvalue weighted by Gasteiger charge is -2.39. The molecule has 0 saturated carbocycles. The van der Waals surface area contributed by atoms with Crippen LogP contribution in [0.1, 0.15) is 42.9 Å². The topological polar surface area (TPSA) is 23.5 Å². The van der Waals surface area contributed by atoms with Gasteiger partial charge in [0.25, 0.3) is 0 Å². The van der Waals surface area contributed by atoms with Crippen LogP contribution in [-0.2, 0) is 0 Å². The molecule has 126 valence electrons. The van der Waals surface area contributed by atoms with Gasteiger partial charge < -0.3 is 5.11 Å². The van der Waals surface area contributed by atoms with E-state index in [-0.39, 0.29) is 6.10 Å². The van der Waals surface area contributed by atoms with Crippen molar-refractivity contribution in [3.63, 3.8) is 0 Å². The molecule has 1 unspecified atom stereocenters. The third-order valence-electron chi connectivity index (χ3n) is 5.13. The lowest BCUT2D eigenvalue weighted by molar-refractivity contribution is 0.0762. The van der Waals surface area contributed by atoms with Crippen LogP contribution in [0, 0.1) is 0 Å². The number of nitrogens with zero attached hydrogens (tertiary/aromatic N) is 1. The largest absolute Gasteiger partial charge is 0.388 e. The van der Waals surface area contributed by atoms with Gasteiger partial charge in [-0.1, -0.05) is 79.2 Å². The average molecular weight is 321 g/mol. The third kappa shape index (κ3) is 4.34. The Morgan fingerprint density at radius 1 is 1.04 bits per heavy atom. The summed E-state index contributed by atoms with van der Waals surface area (Å²) in [5.41, 5.74) is 2.27. The number of aliphatic hydroxyl groups excluding tert-OH is 1. The van der Waals surface area contributed by atoms with Crippen molar-refractivity contribution in [3.8, 4) is 0 Å². The fourth-order valence-electron chi connectivity index (χ4n) is 3.61. The molecule has 0 spiro atoms. The van der Waals surface area contributed by atoms with E-state index in [4.69, 9.17) is 0 Å². The summed E-state index contributed by atoms with van der Waals surface area (Å²) in [4.78, 5) is 2.44. The Morgan fingerprint density at radius 2 is 1.71 bits per heavy atom. The minimum absolute atomic E-state index is 0.379. The first-order valence-corrected chi connectivity index (χ1v) is 8.92. The van der Waals surface area contributed by atoms with Gasteiger partial charge in [-0.25, -0.2) is 0 Å². The highest BCUT2D eigenvalue weighted by Gasteiger charge is 2.27. The molecular formula is C22H27NO. The van der Waals surface area contributed by atoms with Gasteiger partial charge in [0.15, 0.2) is 0 Å². The molecule has 1 aliphatic rings. The van der Waals surface area contributed by atoms with Crippen LogP contribution in [0.3, 0.4) is 0 Å². The minimum atomic E-state index is -0.379. The van der Waals surface area contributed by atoms with Crippen LogP contribution in [0.4, 0.5) is 0 Å². The van der Waals surface area contributed by atoms with Crippen molar-refractivity contribution in [2.45, 2.75) is 43.9 Å². The molecule has 24 heavy (non-hydrogen) atoms. The summed E-state index contributed by atoms with van der Waals surface area (Å²) in [6.45, 7) is 0. The van der Waals surface area contributed by atoms with E-state index in [2.05, 4.69) is 48.4 Å². The molecule has 1 heterocycles. The van der Waals surface area contributed by atoms with Crippen molar-refractivity contribution in [1.82, 2.24) is 4.90 Å². The molecule has 3 atom stereocenters. The first kappa shape index (κ1) is 16.9. The van der Waals surface area contributed by atoms with Crippen LogP contribution in [0.15, 0.2) is 66.7 Å². The van der Waals surface area contributed by atoms with E-state index in [0.29, 0.717) is 12.1 Å². The predicted octanol–water partition coefficient (Wildman–Crippen LogP) is 4.68.